The molecule has 0 atom stereocenters. The summed E-state index contributed by atoms with van der Waals surface area (Å²) in [6, 6.07) is 7.77. The van der Waals surface area contributed by atoms with Crippen molar-refractivity contribution in [1.82, 2.24) is 4.98 Å². The summed E-state index contributed by atoms with van der Waals surface area (Å²) in [5.41, 5.74) is 2.72. The molecular formula is C17H20FNOS. The van der Waals surface area contributed by atoms with Crippen LogP contribution in [0, 0.1) is 0 Å². The van der Waals surface area contributed by atoms with Crippen molar-refractivity contribution in [3.05, 3.63) is 46.6 Å². The SMILES string of the molecule is CCC(=CF)COc1ccc(-c2csc(C(C)C)n2)cc1. The fourth-order valence-electron chi connectivity index (χ4n) is 1.79. The zero-order valence-corrected chi connectivity index (χ0v) is 13.4. The lowest BCUT2D eigenvalue weighted by Gasteiger charge is -2.07. The molecule has 4 heteroatoms. The lowest BCUT2D eigenvalue weighted by atomic mass is 10.1. The Kier molecular flexibility index (Phi) is 5.51. The molecule has 2 rings (SSSR count). The highest BCUT2D eigenvalue weighted by Crippen LogP contribution is 2.27. The van der Waals surface area contributed by atoms with Crippen molar-refractivity contribution in [2.24, 2.45) is 0 Å². The molecule has 0 aliphatic rings. The number of hydrogen-bond acceptors (Lipinski definition) is 3. The molecule has 2 nitrogen and oxygen atoms in total. The number of rotatable bonds is 6. The zero-order chi connectivity index (χ0) is 15.2. The van der Waals surface area contributed by atoms with E-state index in [-0.39, 0.29) is 0 Å². The Hall–Kier alpha value is -1.68. The third-order valence-electron chi connectivity index (χ3n) is 3.20. The first-order valence-corrected chi connectivity index (χ1v) is 7.98. The van der Waals surface area contributed by atoms with Gasteiger partial charge in [-0.2, -0.15) is 0 Å². The maximum absolute atomic E-state index is 12.5. The summed E-state index contributed by atoms with van der Waals surface area (Å²) in [5.74, 6) is 1.19. The number of benzene rings is 1. The molecule has 0 radical (unpaired) electrons. The Morgan fingerprint density at radius 1 is 1.33 bits per heavy atom. The molecular weight excluding hydrogens is 285 g/mol. The molecule has 0 bridgehead atoms. The number of halogens is 1. The molecule has 0 N–H and O–H groups in total. The number of nitrogens with zero attached hydrogens (tertiary/aromatic N) is 1. The van der Waals surface area contributed by atoms with Gasteiger partial charge in [0.25, 0.3) is 0 Å². The predicted molar refractivity (Wildman–Crippen MR) is 86.6 cm³/mol. The van der Waals surface area contributed by atoms with Crippen molar-refractivity contribution < 1.29 is 9.13 Å². The maximum atomic E-state index is 12.5. The Morgan fingerprint density at radius 3 is 2.57 bits per heavy atom. The van der Waals surface area contributed by atoms with Crippen molar-refractivity contribution >= 4 is 11.3 Å². The Bertz CT molecular complexity index is 602. The van der Waals surface area contributed by atoms with Gasteiger partial charge in [0.05, 0.1) is 17.0 Å². The summed E-state index contributed by atoms with van der Waals surface area (Å²) < 4.78 is 18.0. The molecule has 0 saturated carbocycles. The van der Waals surface area contributed by atoms with Gasteiger partial charge in [0.1, 0.15) is 12.4 Å². The Balaban J connectivity index is 2.04. The highest BCUT2D eigenvalue weighted by molar-refractivity contribution is 7.10. The third-order valence-corrected chi connectivity index (χ3v) is 4.34. The van der Waals surface area contributed by atoms with Crippen LogP contribution < -0.4 is 4.74 Å². The summed E-state index contributed by atoms with van der Waals surface area (Å²) in [7, 11) is 0. The molecule has 0 fully saturated rings. The number of thiazole rings is 1. The second-order valence-electron chi connectivity index (χ2n) is 5.16. The van der Waals surface area contributed by atoms with Gasteiger partial charge in [-0.15, -0.1) is 11.3 Å². The molecule has 21 heavy (non-hydrogen) atoms. The van der Waals surface area contributed by atoms with Crippen LogP contribution in [0.1, 0.15) is 38.1 Å². The smallest absolute Gasteiger partial charge is 0.119 e. The second-order valence-corrected chi connectivity index (χ2v) is 6.05. The number of ether oxygens (including phenoxy) is 1. The first-order chi connectivity index (χ1) is 10.1. The van der Waals surface area contributed by atoms with Gasteiger partial charge in [0.15, 0.2) is 0 Å². The van der Waals surface area contributed by atoms with Gasteiger partial charge in [0, 0.05) is 16.9 Å². The van der Waals surface area contributed by atoms with Crippen molar-refractivity contribution in [3.8, 4) is 17.0 Å². The lowest BCUT2D eigenvalue weighted by Crippen LogP contribution is -2.00. The molecule has 1 aromatic heterocycles. The average molecular weight is 305 g/mol. The van der Waals surface area contributed by atoms with Gasteiger partial charge in [-0.3, -0.25) is 0 Å². The summed E-state index contributed by atoms with van der Waals surface area (Å²) >= 11 is 1.69. The van der Waals surface area contributed by atoms with Crippen LogP contribution in [-0.4, -0.2) is 11.6 Å². The highest BCUT2D eigenvalue weighted by atomic mass is 32.1. The molecule has 0 amide bonds. The molecule has 112 valence electrons. The van der Waals surface area contributed by atoms with E-state index in [1.165, 1.54) is 0 Å². The predicted octanol–water partition coefficient (Wildman–Crippen LogP) is 5.58. The Morgan fingerprint density at radius 2 is 2.05 bits per heavy atom. The second kappa shape index (κ2) is 7.36. The van der Waals surface area contributed by atoms with Crippen molar-refractivity contribution in [2.45, 2.75) is 33.1 Å². The Labute approximate surface area is 129 Å². The molecule has 1 aromatic carbocycles. The van der Waals surface area contributed by atoms with E-state index in [1.807, 2.05) is 31.2 Å². The maximum Gasteiger partial charge on any atom is 0.119 e. The average Bonchev–Trinajstić information content (AvgIpc) is 2.99. The quantitative estimate of drug-likeness (QED) is 0.695. The van der Waals surface area contributed by atoms with Crippen LogP contribution >= 0.6 is 11.3 Å². The molecule has 0 aliphatic heterocycles. The zero-order valence-electron chi connectivity index (χ0n) is 12.6. The summed E-state index contributed by atoms with van der Waals surface area (Å²) in [6.45, 7) is 6.49. The molecule has 0 spiro atoms. The van der Waals surface area contributed by atoms with Crippen LogP contribution in [-0.2, 0) is 0 Å². The fourth-order valence-corrected chi connectivity index (χ4v) is 2.64. The van der Waals surface area contributed by atoms with Gasteiger partial charge in [-0.1, -0.05) is 20.8 Å². The monoisotopic (exact) mass is 305 g/mol. The van der Waals surface area contributed by atoms with Crippen molar-refractivity contribution in [3.63, 3.8) is 0 Å². The summed E-state index contributed by atoms with van der Waals surface area (Å²) in [6.07, 6.45) is 1.28. The summed E-state index contributed by atoms with van der Waals surface area (Å²) in [4.78, 5) is 4.63. The molecule has 0 aliphatic carbocycles. The molecule has 0 unspecified atom stereocenters. The van der Waals surface area contributed by atoms with Crippen LogP contribution in [0.25, 0.3) is 11.3 Å². The lowest BCUT2D eigenvalue weighted by molar-refractivity contribution is 0.345. The normalized spacial score (nSPS) is 12.0. The van der Waals surface area contributed by atoms with Crippen LogP contribution in [0.3, 0.4) is 0 Å². The third kappa shape index (κ3) is 4.14. The standard InChI is InChI=1S/C17H20FNOS/c1-4-13(9-18)10-20-15-7-5-14(6-8-15)16-11-21-17(19-16)12(2)3/h5-9,11-12H,4,10H2,1-3H3. The van der Waals surface area contributed by atoms with E-state index in [0.717, 1.165) is 22.0 Å². The van der Waals surface area contributed by atoms with E-state index < -0.39 is 0 Å². The first kappa shape index (κ1) is 15.7. The highest BCUT2D eigenvalue weighted by Gasteiger charge is 2.07. The molecule has 0 saturated heterocycles. The van der Waals surface area contributed by atoms with Gasteiger partial charge in [-0.05, 0) is 36.3 Å². The van der Waals surface area contributed by atoms with E-state index in [1.54, 1.807) is 11.3 Å². The van der Waals surface area contributed by atoms with Crippen LogP contribution in [0.5, 0.6) is 5.75 Å². The van der Waals surface area contributed by atoms with Crippen LogP contribution in [0.4, 0.5) is 4.39 Å². The fraction of sp³-hybridized carbons (Fsp3) is 0.353. The van der Waals surface area contributed by atoms with E-state index in [0.29, 0.717) is 30.8 Å². The number of aromatic nitrogens is 1. The van der Waals surface area contributed by atoms with E-state index in [2.05, 4.69) is 24.2 Å². The van der Waals surface area contributed by atoms with E-state index in [9.17, 15) is 4.39 Å². The van der Waals surface area contributed by atoms with E-state index in [4.69, 9.17) is 4.74 Å². The molecule has 1 heterocycles. The number of hydrogen-bond donors (Lipinski definition) is 0. The topological polar surface area (TPSA) is 22.1 Å². The van der Waals surface area contributed by atoms with Crippen molar-refractivity contribution in [2.75, 3.05) is 6.61 Å². The minimum atomic E-state index is 0.292. The van der Waals surface area contributed by atoms with Gasteiger partial charge >= 0.3 is 0 Å². The van der Waals surface area contributed by atoms with Gasteiger partial charge in [0.2, 0.25) is 0 Å². The van der Waals surface area contributed by atoms with Crippen molar-refractivity contribution in [1.29, 1.82) is 0 Å². The summed E-state index contributed by atoms with van der Waals surface area (Å²) in [5, 5.41) is 3.22. The van der Waals surface area contributed by atoms with Gasteiger partial charge in [-0.25, -0.2) is 9.37 Å². The largest absolute Gasteiger partial charge is 0.489 e. The minimum absolute atomic E-state index is 0.292. The van der Waals surface area contributed by atoms with Crippen LogP contribution in [0.15, 0.2) is 41.5 Å². The van der Waals surface area contributed by atoms with Crippen LogP contribution in [0.2, 0.25) is 0 Å². The first-order valence-electron chi connectivity index (χ1n) is 7.10. The van der Waals surface area contributed by atoms with E-state index >= 15 is 0 Å². The minimum Gasteiger partial charge on any atom is -0.489 e. The molecule has 2 aromatic rings. The van der Waals surface area contributed by atoms with Gasteiger partial charge < -0.3 is 4.74 Å².